The van der Waals surface area contributed by atoms with Gasteiger partial charge < -0.3 is 25.1 Å². The second-order valence-electron chi connectivity index (χ2n) is 6.08. The number of aliphatic hydroxyl groups excluding tert-OH is 1. The maximum absolute atomic E-state index is 10.9. The van der Waals surface area contributed by atoms with E-state index in [2.05, 4.69) is 0 Å². The van der Waals surface area contributed by atoms with Crippen LogP contribution in [0.3, 0.4) is 0 Å². The van der Waals surface area contributed by atoms with Crippen molar-refractivity contribution < 1.29 is 24.1 Å². The van der Waals surface area contributed by atoms with Crippen LogP contribution in [0.1, 0.15) is 41.0 Å². The molecule has 1 aliphatic rings. The quantitative estimate of drug-likeness (QED) is 0.739. The third kappa shape index (κ3) is 5.06. The van der Waals surface area contributed by atoms with Crippen molar-refractivity contribution in [2.75, 3.05) is 6.61 Å². The van der Waals surface area contributed by atoms with Crippen LogP contribution in [0, 0.1) is 0 Å². The average Bonchev–Trinajstić information content (AvgIpc) is 2.54. The normalized spacial score (nSPS) is 26.1. The largest absolute Gasteiger partial charge is 0.381 e. The molecule has 1 saturated heterocycles. The number of nitrogens with two attached hydrogens (primary N) is 1. The monoisotopic (exact) mass is 275 g/mol. The van der Waals surface area contributed by atoms with Gasteiger partial charge in [0.05, 0.1) is 24.4 Å². The van der Waals surface area contributed by atoms with Gasteiger partial charge in [-0.2, -0.15) is 0 Å². The second-order valence-corrected chi connectivity index (χ2v) is 6.08. The molecule has 0 aromatic carbocycles. The van der Waals surface area contributed by atoms with Crippen LogP contribution in [0.2, 0.25) is 0 Å². The molecule has 1 rings (SSSR count). The fourth-order valence-electron chi connectivity index (χ4n) is 2.26. The molecule has 1 amide bonds. The van der Waals surface area contributed by atoms with E-state index < -0.39 is 29.5 Å². The minimum absolute atomic E-state index is 0.0667. The number of carbonyl (C=O) groups excluding carboxylic acids is 1. The maximum atomic E-state index is 10.9. The van der Waals surface area contributed by atoms with E-state index in [-0.39, 0.29) is 6.10 Å². The number of rotatable bonds is 6. The highest BCUT2D eigenvalue weighted by Gasteiger charge is 2.37. The summed E-state index contributed by atoms with van der Waals surface area (Å²) < 4.78 is 16.9. The van der Waals surface area contributed by atoms with Gasteiger partial charge in [-0.1, -0.05) is 0 Å². The molecule has 19 heavy (non-hydrogen) atoms. The minimum Gasteiger partial charge on any atom is -0.381 e. The number of hydrogen-bond donors (Lipinski definition) is 2. The van der Waals surface area contributed by atoms with Crippen molar-refractivity contribution in [2.24, 2.45) is 5.73 Å². The maximum Gasteiger partial charge on any atom is 0.248 e. The van der Waals surface area contributed by atoms with E-state index in [1.165, 1.54) is 0 Å². The number of primary amides is 1. The van der Waals surface area contributed by atoms with Crippen molar-refractivity contribution in [1.29, 1.82) is 0 Å². The molecule has 0 aromatic rings. The number of aliphatic hydroxyl groups is 1. The van der Waals surface area contributed by atoms with Crippen LogP contribution in [0.4, 0.5) is 0 Å². The van der Waals surface area contributed by atoms with Crippen molar-refractivity contribution >= 4 is 5.91 Å². The highest BCUT2D eigenvalue weighted by Crippen LogP contribution is 2.29. The van der Waals surface area contributed by atoms with Crippen LogP contribution in [0.15, 0.2) is 0 Å². The fourth-order valence-corrected chi connectivity index (χ4v) is 2.26. The number of amides is 1. The van der Waals surface area contributed by atoms with Gasteiger partial charge in [0, 0.05) is 6.42 Å². The van der Waals surface area contributed by atoms with E-state index in [0.29, 0.717) is 13.0 Å². The Kier molecular flexibility index (Phi) is 4.95. The first kappa shape index (κ1) is 16.4. The highest BCUT2D eigenvalue weighted by molar-refractivity contribution is 5.79. The first-order chi connectivity index (χ1) is 8.52. The minimum atomic E-state index is -1.31. The molecule has 0 unspecified atom stereocenters. The SMILES string of the molecule is C[C@H](OC(C)(C)C[C@H]1COC(C)(C)O1)[C@@H](O)C(N)=O. The molecule has 0 spiro atoms. The lowest BCUT2D eigenvalue weighted by molar-refractivity contribution is -0.161. The summed E-state index contributed by atoms with van der Waals surface area (Å²) in [6, 6.07) is 0. The summed E-state index contributed by atoms with van der Waals surface area (Å²) in [6.45, 7) is 9.61. The molecule has 6 nitrogen and oxygen atoms in total. The summed E-state index contributed by atoms with van der Waals surface area (Å²) in [6.07, 6.45) is -1.44. The molecular weight excluding hydrogens is 250 g/mol. The van der Waals surface area contributed by atoms with Crippen molar-refractivity contribution in [3.63, 3.8) is 0 Å². The zero-order valence-corrected chi connectivity index (χ0v) is 12.3. The first-order valence-electron chi connectivity index (χ1n) is 6.49. The van der Waals surface area contributed by atoms with Crippen molar-refractivity contribution in [3.05, 3.63) is 0 Å². The van der Waals surface area contributed by atoms with Crippen LogP contribution < -0.4 is 5.73 Å². The summed E-state index contributed by atoms with van der Waals surface area (Å²) in [7, 11) is 0. The van der Waals surface area contributed by atoms with Gasteiger partial charge in [-0.15, -0.1) is 0 Å². The lowest BCUT2D eigenvalue weighted by Gasteiger charge is -2.32. The Morgan fingerprint density at radius 2 is 2.16 bits per heavy atom. The lowest BCUT2D eigenvalue weighted by Crippen LogP contribution is -2.44. The predicted molar refractivity (Wildman–Crippen MR) is 69.3 cm³/mol. The van der Waals surface area contributed by atoms with Crippen LogP contribution in [-0.4, -0.2) is 47.3 Å². The zero-order valence-electron chi connectivity index (χ0n) is 12.3. The topological polar surface area (TPSA) is 91.0 Å². The fraction of sp³-hybridized carbons (Fsp3) is 0.923. The second kappa shape index (κ2) is 5.75. The van der Waals surface area contributed by atoms with E-state index in [9.17, 15) is 9.90 Å². The molecule has 1 heterocycles. The highest BCUT2D eigenvalue weighted by atomic mass is 16.7. The Morgan fingerprint density at radius 1 is 1.58 bits per heavy atom. The molecular formula is C13H25NO5. The molecule has 0 bridgehead atoms. The molecule has 6 heteroatoms. The van der Waals surface area contributed by atoms with Gasteiger partial charge in [0.1, 0.15) is 0 Å². The molecule has 0 radical (unpaired) electrons. The summed E-state index contributed by atoms with van der Waals surface area (Å²) in [4.78, 5) is 10.9. The molecule has 1 fully saturated rings. The van der Waals surface area contributed by atoms with E-state index >= 15 is 0 Å². The van der Waals surface area contributed by atoms with Crippen LogP contribution >= 0.6 is 0 Å². The van der Waals surface area contributed by atoms with Gasteiger partial charge >= 0.3 is 0 Å². The van der Waals surface area contributed by atoms with Gasteiger partial charge in [0.15, 0.2) is 11.9 Å². The first-order valence-corrected chi connectivity index (χ1v) is 6.49. The van der Waals surface area contributed by atoms with E-state index in [1.807, 2.05) is 27.7 Å². The van der Waals surface area contributed by atoms with E-state index in [0.717, 1.165) is 0 Å². The van der Waals surface area contributed by atoms with Gasteiger partial charge in [-0.25, -0.2) is 0 Å². The predicted octanol–water partition coefficient (Wildman–Crippen LogP) is 0.558. The summed E-state index contributed by atoms with van der Waals surface area (Å²) in [5, 5.41) is 9.55. The zero-order chi connectivity index (χ0) is 14.8. The smallest absolute Gasteiger partial charge is 0.248 e. The molecule has 0 aliphatic carbocycles. The Morgan fingerprint density at radius 3 is 2.58 bits per heavy atom. The molecule has 112 valence electrons. The standard InChI is InChI=1S/C13H25NO5/c1-8(10(15)11(14)16)18-12(2,3)6-9-7-17-13(4,5)19-9/h8-10,15H,6-7H2,1-5H3,(H2,14,16)/t8-,9-,10+/m0/s1. The third-order valence-electron chi connectivity index (χ3n) is 3.03. The number of ether oxygens (including phenoxy) is 3. The number of carbonyl (C=O) groups is 1. The van der Waals surface area contributed by atoms with Gasteiger partial charge in [0.2, 0.25) is 5.91 Å². The average molecular weight is 275 g/mol. The van der Waals surface area contributed by atoms with E-state index in [4.69, 9.17) is 19.9 Å². The van der Waals surface area contributed by atoms with Gasteiger partial charge in [-0.05, 0) is 34.6 Å². The van der Waals surface area contributed by atoms with Crippen LogP contribution in [0.25, 0.3) is 0 Å². The molecule has 3 N–H and O–H groups in total. The molecule has 0 aromatic heterocycles. The summed E-state index contributed by atoms with van der Waals surface area (Å²) in [5.74, 6) is -1.36. The van der Waals surface area contributed by atoms with Crippen molar-refractivity contribution in [3.8, 4) is 0 Å². The van der Waals surface area contributed by atoms with Gasteiger partial charge in [0.25, 0.3) is 0 Å². The molecule has 0 saturated carbocycles. The Hall–Kier alpha value is -0.690. The third-order valence-corrected chi connectivity index (χ3v) is 3.03. The molecule has 3 atom stereocenters. The van der Waals surface area contributed by atoms with Gasteiger partial charge in [-0.3, -0.25) is 4.79 Å². The van der Waals surface area contributed by atoms with Crippen LogP contribution in [-0.2, 0) is 19.0 Å². The Bertz CT molecular complexity index is 329. The van der Waals surface area contributed by atoms with Crippen molar-refractivity contribution in [2.45, 2.75) is 70.7 Å². The molecule has 1 aliphatic heterocycles. The Labute approximate surface area is 114 Å². The Balaban J connectivity index is 2.50. The number of hydrogen-bond acceptors (Lipinski definition) is 5. The summed E-state index contributed by atoms with van der Waals surface area (Å²) >= 11 is 0. The lowest BCUT2D eigenvalue weighted by atomic mass is 10.00. The van der Waals surface area contributed by atoms with Crippen LogP contribution in [0.5, 0.6) is 0 Å². The van der Waals surface area contributed by atoms with E-state index in [1.54, 1.807) is 6.92 Å². The van der Waals surface area contributed by atoms with Crippen molar-refractivity contribution in [1.82, 2.24) is 0 Å². The summed E-state index contributed by atoms with van der Waals surface area (Å²) in [5.41, 5.74) is 4.49.